The zero-order chi connectivity index (χ0) is 21.4. The van der Waals surface area contributed by atoms with Crippen molar-refractivity contribution in [3.63, 3.8) is 0 Å². The van der Waals surface area contributed by atoms with Crippen LogP contribution >= 0.6 is 12.2 Å². The van der Waals surface area contributed by atoms with Crippen LogP contribution in [0.25, 0.3) is 0 Å². The summed E-state index contributed by atoms with van der Waals surface area (Å²) in [5.41, 5.74) is 10.0. The largest absolute Gasteiger partial charge is 0.350 e. The minimum absolute atomic E-state index is 0.0484. The van der Waals surface area contributed by atoms with E-state index in [0.29, 0.717) is 4.68 Å². The van der Waals surface area contributed by atoms with E-state index in [1.807, 2.05) is 0 Å². The molecule has 13 heteroatoms. The predicted molar refractivity (Wildman–Crippen MR) is 105 cm³/mol. The Bertz CT molecular complexity index is 948. The molecule has 0 bridgehead atoms. The van der Waals surface area contributed by atoms with Crippen molar-refractivity contribution in [3.8, 4) is 0 Å². The van der Waals surface area contributed by atoms with Crippen molar-refractivity contribution in [1.82, 2.24) is 25.0 Å². The first-order valence-electron chi connectivity index (χ1n) is 8.41. The first-order chi connectivity index (χ1) is 13.0. The Labute approximate surface area is 165 Å². The van der Waals surface area contributed by atoms with Gasteiger partial charge in [-0.25, -0.2) is 15.0 Å². The normalized spacial score (nSPS) is 20.1. The lowest BCUT2D eigenvalue weighted by Crippen LogP contribution is -2.55. The summed E-state index contributed by atoms with van der Waals surface area (Å²) in [5.74, 6) is -0.537. The van der Waals surface area contributed by atoms with E-state index in [4.69, 9.17) is 23.7 Å². The van der Waals surface area contributed by atoms with Crippen LogP contribution in [0.5, 0.6) is 0 Å². The number of nitrogens with two attached hydrogens (primary N) is 2. The molecule has 0 radical (unpaired) electrons. The van der Waals surface area contributed by atoms with Crippen LogP contribution < -0.4 is 22.5 Å². The molecule has 152 valence electrons. The molecular weight excluding hydrogens is 388 g/mol. The minimum Gasteiger partial charge on any atom is -0.350 e. The third-order valence-corrected chi connectivity index (χ3v) is 5.01. The van der Waals surface area contributed by atoms with Gasteiger partial charge in [0.25, 0.3) is 11.5 Å². The first kappa shape index (κ1) is 21.1. The van der Waals surface area contributed by atoms with Gasteiger partial charge in [0.2, 0.25) is 0 Å². The number of amides is 4. The summed E-state index contributed by atoms with van der Waals surface area (Å²) in [6.07, 6.45) is 0. The van der Waals surface area contributed by atoms with Crippen molar-refractivity contribution in [3.05, 3.63) is 21.6 Å². The van der Waals surface area contributed by atoms with Gasteiger partial charge in [-0.3, -0.25) is 19.6 Å². The van der Waals surface area contributed by atoms with Crippen LogP contribution in [0.4, 0.5) is 9.59 Å². The average Bonchev–Trinajstić information content (AvgIpc) is 3.03. The van der Waals surface area contributed by atoms with Crippen LogP contribution in [0.15, 0.2) is 9.90 Å². The molecule has 2 heterocycles. The van der Waals surface area contributed by atoms with Crippen LogP contribution in [0.1, 0.15) is 32.0 Å². The van der Waals surface area contributed by atoms with Gasteiger partial charge in [0.05, 0.1) is 11.3 Å². The van der Waals surface area contributed by atoms with E-state index >= 15 is 0 Å². The number of aromatic nitrogens is 2. The zero-order valence-corrected chi connectivity index (χ0v) is 16.7. The van der Waals surface area contributed by atoms with Crippen molar-refractivity contribution in [2.75, 3.05) is 13.1 Å². The average molecular weight is 410 g/mol. The number of urea groups is 1. The molecule has 28 heavy (non-hydrogen) atoms. The summed E-state index contributed by atoms with van der Waals surface area (Å²) in [4.78, 5) is 52.1. The Morgan fingerprint density at radius 2 is 1.86 bits per heavy atom. The summed E-state index contributed by atoms with van der Waals surface area (Å²) in [6, 6.07) is -1.99. The molecule has 1 fully saturated rings. The number of carbonyl (C=O) groups is 3. The summed E-state index contributed by atoms with van der Waals surface area (Å²) in [6.45, 7) is 6.94. The number of nitrogens with one attached hydrogen (secondary N) is 2. The Morgan fingerprint density at radius 3 is 2.29 bits per heavy atom. The van der Waals surface area contributed by atoms with E-state index in [-0.39, 0.29) is 35.2 Å². The van der Waals surface area contributed by atoms with E-state index in [2.05, 4.69) is 15.6 Å². The highest BCUT2D eigenvalue weighted by Gasteiger charge is 2.60. The topological polar surface area (TPSA) is 172 Å². The molecule has 1 aromatic heterocycles. The Hall–Kier alpha value is -3.22. The lowest BCUT2D eigenvalue weighted by molar-refractivity contribution is -0.130. The number of aryl methyl sites for hydroxylation is 1. The van der Waals surface area contributed by atoms with Gasteiger partial charge >= 0.3 is 12.1 Å². The molecule has 1 aromatic rings. The van der Waals surface area contributed by atoms with E-state index in [1.165, 1.54) is 23.6 Å². The molecule has 1 atom stereocenters. The van der Waals surface area contributed by atoms with Gasteiger partial charge in [-0.1, -0.05) is 0 Å². The zero-order valence-electron chi connectivity index (χ0n) is 15.9. The second kappa shape index (κ2) is 7.42. The molecule has 0 aromatic carbocycles. The number of thiocarbonyl (C=S) groups is 1. The fourth-order valence-electron chi connectivity index (χ4n) is 3.46. The van der Waals surface area contributed by atoms with Gasteiger partial charge in [-0.2, -0.15) is 9.78 Å². The van der Waals surface area contributed by atoms with Crippen molar-refractivity contribution >= 4 is 41.0 Å². The van der Waals surface area contributed by atoms with Gasteiger partial charge in [-0.15, -0.1) is 0 Å². The van der Waals surface area contributed by atoms with Crippen LogP contribution in [-0.2, 0) is 10.3 Å². The van der Waals surface area contributed by atoms with E-state index in [1.54, 1.807) is 13.8 Å². The van der Waals surface area contributed by atoms with Crippen molar-refractivity contribution < 1.29 is 14.4 Å². The molecule has 0 saturated carbocycles. The second-order valence-corrected chi connectivity index (χ2v) is 6.42. The number of rotatable bonds is 5. The van der Waals surface area contributed by atoms with Gasteiger partial charge in [0, 0.05) is 18.8 Å². The van der Waals surface area contributed by atoms with E-state index in [9.17, 15) is 19.2 Å². The van der Waals surface area contributed by atoms with Crippen molar-refractivity contribution in [1.29, 1.82) is 0 Å². The molecule has 1 saturated heterocycles. The second-order valence-electron chi connectivity index (χ2n) is 6.05. The number of carbonyl (C=O) groups excluding carboxylic acids is 3. The Balaban J connectivity index is 2.94. The third kappa shape index (κ3) is 2.83. The molecule has 4 amide bonds. The van der Waals surface area contributed by atoms with Crippen LogP contribution in [0.2, 0.25) is 0 Å². The number of primary amides is 2. The maximum atomic E-state index is 13.5. The number of hydrazone groups is 1. The molecule has 1 aliphatic rings. The molecule has 12 nitrogen and oxygen atoms in total. The first-order valence-corrected chi connectivity index (χ1v) is 8.82. The predicted octanol–water partition coefficient (Wildman–Crippen LogP) is -0.880. The van der Waals surface area contributed by atoms with Crippen LogP contribution in [0, 0.1) is 6.92 Å². The van der Waals surface area contributed by atoms with E-state index in [0.717, 1.165) is 0 Å². The number of nitrogens with zero attached hydrogens (tertiary/aromatic N) is 4. The number of likely N-dealkylation sites (N-methyl/N-ethyl adjacent to an activating group) is 2. The van der Waals surface area contributed by atoms with Gasteiger partial charge < -0.3 is 16.4 Å². The molecule has 2 rings (SSSR count). The third-order valence-electron chi connectivity index (χ3n) is 4.56. The molecule has 1 unspecified atom stereocenters. The van der Waals surface area contributed by atoms with E-state index < -0.39 is 29.1 Å². The van der Waals surface area contributed by atoms with Crippen LogP contribution in [-0.4, -0.2) is 61.5 Å². The van der Waals surface area contributed by atoms with Gasteiger partial charge in [0.1, 0.15) is 0 Å². The maximum Gasteiger partial charge on any atom is 0.341 e. The number of H-pyrrole nitrogens is 1. The minimum atomic E-state index is -1.78. The molecule has 1 aliphatic heterocycles. The van der Waals surface area contributed by atoms with Gasteiger partial charge in [-0.05, 0) is 39.9 Å². The maximum absolute atomic E-state index is 13.5. The lowest BCUT2D eigenvalue weighted by atomic mass is 9.84. The van der Waals surface area contributed by atoms with Crippen molar-refractivity contribution in [2.24, 2.45) is 16.6 Å². The highest BCUT2D eigenvalue weighted by atomic mass is 32.1. The molecular formula is C15H22N8O4S. The lowest BCUT2D eigenvalue weighted by Gasteiger charge is -2.34. The SMILES string of the molecule is CCN1C(=O)C(/C(C)=N\NC(N)=O)(c2c(C)[nH]n(C(N)=O)c2=O)N(CC)C1=S. The monoisotopic (exact) mass is 410 g/mol. The number of hydrogen-bond acceptors (Lipinski definition) is 6. The summed E-state index contributed by atoms with van der Waals surface area (Å²) < 4.78 is 0.597. The molecule has 0 aliphatic carbocycles. The van der Waals surface area contributed by atoms with Gasteiger partial charge in [0.15, 0.2) is 10.7 Å². The standard InChI is InChI=1S/C15H22N8O4S/c1-5-21-11(25)15(22(6-2)14(21)28,8(4)18-19-12(16)26)9-7(3)20-23(10(9)24)13(17)27/h20H,5-6H2,1-4H3,(H2,17,27)(H3,16,19,26)/b18-8-. The quantitative estimate of drug-likeness (QED) is 0.279. The summed E-state index contributed by atoms with van der Waals surface area (Å²) in [7, 11) is 0. The molecule has 0 spiro atoms. The molecule has 6 N–H and O–H groups in total. The number of aromatic amines is 1. The smallest absolute Gasteiger partial charge is 0.341 e. The highest BCUT2D eigenvalue weighted by molar-refractivity contribution is 7.80. The Kier molecular flexibility index (Phi) is 5.59. The fraction of sp³-hybridized carbons (Fsp3) is 0.467. The summed E-state index contributed by atoms with van der Waals surface area (Å²) in [5, 5.41) is 6.67. The van der Waals surface area contributed by atoms with Crippen molar-refractivity contribution in [2.45, 2.75) is 33.2 Å². The summed E-state index contributed by atoms with van der Waals surface area (Å²) >= 11 is 5.44. The highest BCUT2D eigenvalue weighted by Crippen LogP contribution is 2.38. The fourth-order valence-corrected chi connectivity index (χ4v) is 3.94. The number of hydrogen-bond donors (Lipinski definition) is 4. The van der Waals surface area contributed by atoms with Crippen LogP contribution in [0.3, 0.4) is 0 Å². The Morgan fingerprint density at radius 1 is 1.25 bits per heavy atom.